The van der Waals surface area contributed by atoms with Crippen molar-refractivity contribution in [1.29, 1.82) is 0 Å². The molecular formula is C13H14IN3. The Morgan fingerprint density at radius 2 is 2.18 bits per heavy atom. The third-order valence-corrected chi connectivity index (χ3v) is 3.80. The molecule has 0 radical (unpaired) electrons. The minimum atomic E-state index is 1.03. The highest BCUT2D eigenvalue weighted by molar-refractivity contribution is 14.1. The summed E-state index contributed by atoms with van der Waals surface area (Å²) in [4.78, 5) is 0. The van der Waals surface area contributed by atoms with Crippen LogP contribution in [0.3, 0.4) is 0 Å². The third kappa shape index (κ3) is 2.18. The van der Waals surface area contributed by atoms with Gasteiger partial charge in [0.1, 0.15) is 0 Å². The number of hydrogen-bond donors (Lipinski definition) is 2. The van der Waals surface area contributed by atoms with E-state index in [-0.39, 0.29) is 0 Å². The van der Waals surface area contributed by atoms with Gasteiger partial charge in [-0.1, -0.05) is 12.1 Å². The van der Waals surface area contributed by atoms with Crippen LogP contribution < -0.4 is 5.32 Å². The first-order valence-corrected chi connectivity index (χ1v) is 6.99. The molecule has 2 heterocycles. The summed E-state index contributed by atoms with van der Waals surface area (Å²) < 4.78 is 1.25. The Morgan fingerprint density at radius 3 is 3.06 bits per heavy atom. The molecule has 0 saturated carbocycles. The lowest BCUT2D eigenvalue weighted by Crippen LogP contribution is -1.99. The van der Waals surface area contributed by atoms with Crippen molar-refractivity contribution >= 4 is 28.4 Å². The maximum atomic E-state index is 4.38. The molecular weight excluding hydrogens is 325 g/mol. The van der Waals surface area contributed by atoms with Gasteiger partial charge in [-0.3, -0.25) is 5.10 Å². The van der Waals surface area contributed by atoms with E-state index < -0.39 is 0 Å². The number of halogens is 1. The van der Waals surface area contributed by atoms with Crippen molar-refractivity contribution in [1.82, 2.24) is 10.2 Å². The Balaban J connectivity index is 2.06. The van der Waals surface area contributed by atoms with Crippen molar-refractivity contribution in [3.05, 3.63) is 33.4 Å². The van der Waals surface area contributed by atoms with Gasteiger partial charge in [0.2, 0.25) is 0 Å². The van der Waals surface area contributed by atoms with Crippen LogP contribution in [-0.2, 0) is 6.42 Å². The van der Waals surface area contributed by atoms with Gasteiger partial charge < -0.3 is 5.32 Å². The smallest absolute Gasteiger partial charge is 0.151 e. The fourth-order valence-electron chi connectivity index (χ4n) is 2.27. The lowest BCUT2D eigenvalue weighted by atomic mass is 10.0. The number of aromatic amines is 1. The molecule has 0 atom stereocenters. The molecule has 17 heavy (non-hydrogen) atoms. The van der Waals surface area contributed by atoms with Gasteiger partial charge in [0.05, 0.1) is 5.69 Å². The summed E-state index contributed by atoms with van der Waals surface area (Å²) in [6.07, 6.45) is 3.57. The van der Waals surface area contributed by atoms with Crippen LogP contribution >= 0.6 is 22.6 Å². The fourth-order valence-corrected chi connectivity index (χ4v) is 2.81. The van der Waals surface area contributed by atoms with E-state index in [0.717, 1.165) is 18.8 Å². The van der Waals surface area contributed by atoms with Crippen molar-refractivity contribution in [2.24, 2.45) is 0 Å². The minimum Gasteiger partial charge on any atom is -0.368 e. The number of H-pyrrole nitrogens is 1. The zero-order valence-corrected chi connectivity index (χ0v) is 11.6. The zero-order chi connectivity index (χ0) is 11.7. The molecule has 4 heteroatoms. The molecule has 1 aliphatic rings. The second-order valence-corrected chi connectivity index (χ2v) is 5.57. The minimum absolute atomic E-state index is 1.03. The number of fused-ring (bicyclic) bond motifs is 1. The SMILES string of the molecule is Ic1cccc(-c2[nH]nc3c2CCCCN3)c1. The number of hydrogen-bond acceptors (Lipinski definition) is 2. The maximum Gasteiger partial charge on any atom is 0.151 e. The van der Waals surface area contributed by atoms with Gasteiger partial charge in [0.15, 0.2) is 5.82 Å². The second kappa shape index (κ2) is 4.68. The van der Waals surface area contributed by atoms with Crippen LogP contribution in [0.5, 0.6) is 0 Å². The van der Waals surface area contributed by atoms with Crippen molar-refractivity contribution in [2.45, 2.75) is 19.3 Å². The molecule has 0 spiro atoms. The molecule has 0 fully saturated rings. The summed E-state index contributed by atoms with van der Waals surface area (Å²) in [5, 5.41) is 10.9. The molecule has 0 amide bonds. The Labute approximate surface area is 114 Å². The van der Waals surface area contributed by atoms with Crippen molar-refractivity contribution < 1.29 is 0 Å². The van der Waals surface area contributed by atoms with Crippen LogP contribution in [0.1, 0.15) is 18.4 Å². The summed E-state index contributed by atoms with van der Waals surface area (Å²) in [6.45, 7) is 1.03. The highest BCUT2D eigenvalue weighted by atomic mass is 127. The largest absolute Gasteiger partial charge is 0.368 e. The van der Waals surface area contributed by atoms with Gasteiger partial charge in [0, 0.05) is 21.2 Å². The van der Waals surface area contributed by atoms with E-state index in [1.165, 1.54) is 33.2 Å². The van der Waals surface area contributed by atoms with E-state index in [0.29, 0.717) is 0 Å². The Hall–Kier alpha value is -1.04. The topological polar surface area (TPSA) is 40.7 Å². The summed E-state index contributed by atoms with van der Waals surface area (Å²) >= 11 is 2.34. The van der Waals surface area contributed by atoms with E-state index >= 15 is 0 Å². The average molecular weight is 339 g/mol. The van der Waals surface area contributed by atoms with Crippen molar-refractivity contribution in [3.63, 3.8) is 0 Å². The highest BCUT2D eigenvalue weighted by Gasteiger charge is 2.16. The van der Waals surface area contributed by atoms with Crippen molar-refractivity contribution in [3.8, 4) is 11.3 Å². The van der Waals surface area contributed by atoms with E-state index in [1.54, 1.807) is 0 Å². The monoisotopic (exact) mass is 339 g/mol. The molecule has 88 valence electrons. The van der Waals surface area contributed by atoms with Gasteiger partial charge in [-0.2, -0.15) is 5.10 Å². The molecule has 2 aromatic rings. The summed E-state index contributed by atoms with van der Waals surface area (Å²) in [6, 6.07) is 8.53. The number of aromatic nitrogens is 2. The van der Waals surface area contributed by atoms with Crippen LogP contribution in [0.25, 0.3) is 11.3 Å². The number of rotatable bonds is 1. The average Bonchev–Trinajstić information content (AvgIpc) is 2.59. The number of benzene rings is 1. The van der Waals surface area contributed by atoms with Crippen molar-refractivity contribution in [2.75, 3.05) is 11.9 Å². The molecule has 3 rings (SSSR count). The van der Waals surface area contributed by atoms with E-state index in [9.17, 15) is 0 Å². The summed E-state index contributed by atoms with van der Waals surface area (Å²) in [5.41, 5.74) is 3.74. The van der Waals surface area contributed by atoms with Crippen LogP contribution in [0.15, 0.2) is 24.3 Å². The van der Waals surface area contributed by atoms with E-state index in [1.807, 2.05) is 0 Å². The Bertz CT molecular complexity index is 533. The first-order valence-electron chi connectivity index (χ1n) is 5.91. The quantitative estimate of drug-likeness (QED) is 0.782. The highest BCUT2D eigenvalue weighted by Crippen LogP contribution is 2.30. The molecule has 0 saturated heterocycles. The number of nitrogens with zero attached hydrogens (tertiary/aromatic N) is 1. The standard InChI is InChI=1S/C13H14IN3/c14-10-5-3-4-9(8-10)12-11-6-1-2-7-15-13(11)17-16-12/h3-5,8H,1-2,6-7H2,(H2,15,16,17). The third-order valence-electron chi connectivity index (χ3n) is 3.13. The van der Waals surface area contributed by atoms with Crippen LogP contribution in [0, 0.1) is 3.57 Å². The Morgan fingerprint density at radius 1 is 1.24 bits per heavy atom. The number of nitrogens with one attached hydrogen (secondary N) is 2. The molecule has 1 aliphatic heterocycles. The lowest BCUT2D eigenvalue weighted by Gasteiger charge is -2.03. The van der Waals surface area contributed by atoms with Crippen LogP contribution in [0.4, 0.5) is 5.82 Å². The van der Waals surface area contributed by atoms with Crippen LogP contribution in [0.2, 0.25) is 0 Å². The summed E-state index contributed by atoms with van der Waals surface area (Å²) in [5.74, 6) is 1.04. The van der Waals surface area contributed by atoms with Gasteiger partial charge in [0.25, 0.3) is 0 Å². The van der Waals surface area contributed by atoms with Gasteiger partial charge in [-0.05, 0) is 54.0 Å². The molecule has 0 aliphatic carbocycles. The zero-order valence-electron chi connectivity index (χ0n) is 9.46. The molecule has 3 nitrogen and oxygen atoms in total. The van der Waals surface area contributed by atoms with E-state index in [4.69, 9.17) is 0 Å². The van der Waals surface area contributed by atoms with E-state index in [2.05, 4.69) is 62.4 Å². The lowest BCUT2D eigenvalue weighted by molar-refractivity contribution is 0.783. The summed E-state index contributed by atoms with van der Waals surface area (Å²) in [7, 11) is 0. The Kier molecular flexibility index (Phi) is 3.05. The molecule has 0 bridgehead atoms. The molecule has 2 N–H and O–H groups in total. The second-order valence-electron chi connectivity index (χ2n) is 4.32. The molecule has 1 aromatic heterocycles. The molecule has 1 aromatic carbocycles. The first kappa shape index (κ1) is 11.1. The first-order chi connectivity index (χ1) is 8.34. The predicted octanol–water partition coefficient (Wildman–Crippen LogP) is 3.43. The van der Waals surface area contributed by atoms with Gasteiger partial charge in [-0.25, -0.2) is 0 Å². The predicted molar refractivity (Wildman–Crippen MR) is 78.2 cm³/mol. The normalized spacial score (nSPS) is 14.9. The molecule has 0 unspecified atom stereocenters. The maximum absolute atomic E-state index is 4.38. The fraction of sp³-hybridized carbons (Fsp3) is 0.308. The van der Waals surface area contributed by atoms with Gasteiger partial charge >= 0.3 is 0 Å². The van der Waals surface area contributed by atoms with Gasteiger partial charge in [-0.15, -0.1) is 0 Å². The van der Waals surface area contributed by atoms with Crippen LogP contribution in [-0.4, -0.2) is 16.7 Å². The number of anilines is 1.